The van der Waals surface area contributed by atoms with Crippen molar-refractivity contribution in [2.45, 2.75) is 27.3 Å². The summed E-state index contributed by atoms with van der Waals surface area (Å²) in [7, 11) is 0. The summed E-state index contributed by atoms with van der Waals surface area (Å²) in [5.74, 6) is -0.282. The van der Waals surface area contributed by atoms with Crippen molar-refractivity contribution in [3.05, 3.63) is 91.8 Å². The summed E-state index contributed by atoms with van der Waals surface area (Å²) in [4.78, 5) is 39.6. The molecule has 1 N–H and O–H groups in total. The molecule has 10 heteroatoms. The van der Waals surface area contributed by atoms with Crippen molar-refractivity contribution < 1.29 is 23.9 Å². The predicted molar refractivity (Wildman–Crippen MR) is 156 cm³/mol. The van der Waals surface area contributed by atoms with Gasteiger partial charge in [0, 0.05) is 10.7 Å². The van der Waals surface area contributed by atoms with Gasteiger partial charge in [0.1, 0.15) is 0 Å². The zero-order valence-electron chi connectivity index (χ0n) is 21.5. The van der Waals surface area contributed by atoms with Gasteiger partial charge in [0.15, 0.2) is 18.1 Å². The molecule has 0 bridgehead atoms. The number of anilines is 1. The number of halogens is 2. The second-order valence-corrected chi connectivity index (χ2v) is 10.6. The lowest BCUT2D eigenvalue weighted by Crippen LogP contribution is -2.27. The Hall–Kier alpha value is -3.46. The molecule has 7 nitrogen and oxygen atoms in total. The summed E-state index contributed by atoms with van der Waals surface area (Å²) < 4.78 is 11.4. The molecule has 39 heavy (non-hydrogen) atoms. The first-order valence-electron chi connectivity index (χ1n) is 12.1. The van der Waals surface area contributed by atoms with Gasteiger partial charge in [-0.15, -0.1) is 0 Å². The number of carbonyl (C=O) groups excluding carboxylic acids is 3. The van der Waals surface area contributed by atoms with Crippen molar-refractivity contribution in [3.63, 3.8) is 0 Å². The smallest absolute Gasteiger partial charge is 0.293 e. The van der Waals surface area contributed by atoms with Gasteiger partial charge in [-0.05, 0) is 79.6 Å². The van der Waals surface area contributed by atoms with Crippen LogP contribution in [0.4, 0.5) is 10.5 Å². The van der Waals surface area contributed by atoms with Crippen LogP contribution in [0.5, 0.6) is 11.5 Å². The molecular weight excluding hydrogens is 559 g/mol. The second kappa shape index (κ2) is 12.6. The van der Waals surface area contributed by atoms with Crippen LogP contribution in [-0.2, 0) is 16.1 Å². The first-order chi connectivity index (χ1) is 18.6. The summed E-state index contributed by atoms with van der Waals surface area (Å²) in [6.45, 7) is 5.82. The van der Waals surface area contributed by atoms with E-state index in [1.165, 1.54) is 4.90 Å². The highest BCUT2D eigenvalue weighted by Gasteiger charge is 2.35. The third kappa shape index (κ3) is 7.15. The van der Waals surface area contributed by atoms with Crippen LogP contribution in [0.15, 0.2) is 59.5 Å². The van der Waals surface area contributed by atoms with E-state index in [0.717, 1.165) is 28.5 Å². The van der Waals surface area contributed by atoms with Crippen molar-refractivity contribution in [2.75, 3.05) is 18.5 Å². The molecule has 3 aromatic carbocycles. The Balaban J connectivity index is 1.48. The molecule has 0 unspecified atom stereocenters. The third-order valence-electron chi connectivity index (χ3n) is 5.73. The van der Waals surface area contributed by atoms with Crippen LogP contribution in [0.3, 0.4) is 0 Å². The van der Waals surface area contributed by atoms with Crippen LogP contribution < -0.4 is 14.8 Å². The topological polar surface area (TPSA) is 84.9 Å². The molecule has 0 spiro atoms. The Morgan fingerprint density at radius 3 is 2.54 bits per heavy atom. The van der Waals surface area contributed by atoms with Crippen LogP contribution in [0.25, 0.3) is 6.08 Å². The van der Waals surface area contributed by atoms with E-state index in [2.05, 4.69) is 5.32 Å². The van der Waals surface area contributed by atoms with Gasteiger partial charge in [0.05, 0.1) is 23.1 Å². The highest BCUT2D eigenvalue weighted by atomic mass is 35.5. The SMILES string of the molecule is CCOc1cc(/C=C2\SC(=O)N(Cc3cccc(C)c3)C2=O)cc(Cl)c1OCC(=O)Nc1ccc(C)c(Cl)c1. The van der Waals surface area contributed by atoms with Crippen molar-refractivity contribution >= 4 is 63.8 Å². The number of imide groups is 1. The lowest BCUT2D eigenvalue weighted by molar-refractivity contribution is -0.123. The number of nitrogens with zero attached hydrogens (tertiary/aromatic N) is 1. The Kier molecular flexibility index (Phi) is 9.22. The van der Waals surface area contributed by atoms with Gasteiger partial charge in [0.25, 0.3) is 17.1 Å². The number of carbonyl (C=O) groups is 3. The average Bonchev–Trinajstić information content (AvgIpc) is 3.13. The van der Waals surface area contributed by atoms with Crippen LogP contribution in [0, 0.1) is 13.8 Å². The normalized spacial score (nSPS) is 14.2. The molecule has 0 aliphatic carbocycles. The molecule has 3 amide bonds. The van der Waals surface area contributed by atoms with Crippen molar-refractivity contribution in [1.29, 1.82) is 0 Å². The molecule has 1 fully saturated rings. The number of amides is 3. The number of hydrogen-bond acceptors (Lipinski definition) is 6. The Labute approximate surface area is 241 Å². The Bertz CT molecular complexity index is 1470. The first-order valence-corrected chi connectivity index (χ1v) is 13.7. The number of hydrogen-bond donors (Lipinski definition) is 1. The highest BCUT2D eigenvalue weighted by Crippen LogP contribution is 2.39. The maximum absolute atomic E-state index is 13.0. The minimum atomic E-state index is -0.403. The third-order valence-corrected chi connectivity index (χ3v) is 7.32. The monoisotopic (exact) mass is 584 g/mol. The van der Waals surface area contributed by atoms with E-state index in [-0.39, 0.29) is 40.0 Å². The van der Waals surface area contributed by atoms with E-state index in [9.17, 15) is 14.4 Å². The molecule has 4 rings (SSSR count). The molecule has 0 aromatic heterocycles. The molecule has 1 aliphatic heterocycles. The summed E-state index contributed by atoms with van der Waals surface area (Å²) in [5.41, 5.74) is 3.91. The number of benzene rings is 3. The van der Waals surface area contributed by atoms with Gasteiger partial charge in [-0.1, -0.05) is 59.1 Å². The van der Waals surface area contributed by atoms with Crippen molar-refractivity contribution in [3.8, 4) is 11.5 Å². The standard InChI is InChI=1S/C29H26Cl2N2O5S/c1-4-37-24-12-20(13-25-28(35)33(29(36)39-25)15-19-7-5-6-17(2)10-19)11-23(31)27(24)38-16-26(34)32-21-9-8-18(3)22(30)14-21/h5-14H,4,15-16H2,1-3H3,(H,32,34)/b25-13-. The van der Waals surface area contributed by atoms with Crippen LogP contribution in [-0.4, -0.2) is 35.2 Å². The lowest BCUT2D eigenvalue weighted by Gasteiger charge is -2.15. The van der Waals surface area contributed by atoms with Crippen molar-refractivity contribution in [2.24, 2.45) is 0 Å². The number of rotatable bonds is 9. The molecule has 3 aromatic rings. The van der Waals surface area contributed by atoms with Crippen molar-refractivity contribution in [1.82, 2.24) is 4.90 Å². The van der Waals surface area contributed by atoms with Crippen LogP contribution >= 0.6 is 35.0 Å². The summed E-state index contributed by atoms with van der Waals surface area (Å²) in [5, 5.41) is 3.12. The van der Waals surface area contributed by atoms with Gasteiger partial charge >= 0.3 is 0 Å². The number of thioether (sulfide) groups is 1. The second-order valence-electron chi connectivity index (χ2n) is 8.82. The van der Waals surface area contributed by atoms with Gasteiger partial charge < -0.3 is 14.8 Å². The fraction of sp³-hybridized carbons (Fsp3) is 0.207. The minimum absolute atomic E-state index is 0.192. The molecule has 0 saturated carbocycles. The lowest BCUT2D eigenvalue weighted by atomic mass is 10.1. The maximum atomic E-state index is 13.0. The van der Waals surface area contributed by atoms with Gasteiger partial charge in [0.2, 0.25) is 0 Å². The van der Waals surface area contributed by atoms with Crippen LogP contribution in [0.1, 0.15) is 29.2 Å². The van der Waals surface area contributed by atoms with Crippen LogP contribution in [0.2, 0.25) is 10.0 Å². The van der Waals surface area contributed by atoms with E-state index in [4.69, 9.17) is 32.7 Å². The number of ether oxygens (including phenoxy) is 2. The first kappa shape index (κ1) is 28.5. The van der Waals surface area contributed by atoms with E-state index in [0.29, 0.717) is 28.6 Å². The molecule has 1 aliphatic rings. The summed E-state index contributed by atoms with van der Waals surface area (Å²) >= 11 is 13.5. The molecular formula is C29H26Cl2N2O5S. The summed E-state index contributed by atoms with van der Waals surface area (Å²) in [6, 6.07) is 16.1. The van der Waals surface area contributed by atoms with Gasteiger partial charge in [-0.25, -0.2) is 0 Å². The maximum Gasteiger partial charge on any atom is 0.293 e. The molecule has 0 atom stereocenters. The predicted octanol–water partition coefficient (Wildman–Crippen LogP) is 7.26. The van der Waals surface area contributed by atoms with E-state index >= 15 is 0 Å². The molecule has 1 heterocycles. The molecule has 0 radical (unpaired) electrons. The average molecular weight is 586 g/mol. The van der Waals surface area contributed by atoms with E-state index in [1.54, 1.807) is 43.3 Å². The van der Waals surface area contributed by atoms with Gasteiger partial charge in [-0.3, -0.25) is 19.3 Å². The van der Waals surface area contributed by atoms with E-state index < -0.39 is 5.91 Å². The fourth-order valence-corrected chi connectivity index (χ4v) is 5.15. The quantitative estimate of drug-likeness (QED) is 0.266. The van der Waals surface area contributed by atoms with Gasteiger partial charge in [-0.2, -0.15) is 0 Å². The fourth-order valence-electron chi connectivity index (χ4n) is 3.86. The Morgan fingerprint density at radius 1 is 1.03 bits per heavy atom. The summed E-state index contributed by atoms with van der Waals surface area (Å²) in [6.07, 6.45) is 1.59. The number of aryl methyl sites for hydroxylation is 2. The molecule has 1 saturated heterocycles. The Morgan fingerprint density at radius 2 is 1.82 bits per heavy atom. The largest absolute Gasteiger partial charge is 0.490 e. The minimum Gasteiger partial charge on any atom is -0.490 e. The zero-order chi connectivity index (χ0) is 28.1. The molecule has 202 valence electrons. The highest BCUT2D eigenvalue weighted by molar-refractivity contribution is 8.18. The van der Waals surface area contributed by atoms with E-state index in [1.807, 2.05) is 38.1 Å². The number of nitrogens with one attached hydrogen (secondary N) is 1. The zero-order valence-corrected chi connectivity index (χ0v) is 23.9.